The van der Waals surface area contributed by atoms with Gasteiger partial charge >= 0.3 is 0 Å². The number of allylic oxidation sites excluding steroid dienone is 1. The number of hydrogen-bond acceptors (Lipinski definition) is 4. The van der Waals surface area contributed by atoms with Crippen LogP contribution in [0, 0.1) is 0 Å². The monoisotopic (exact) mass is 394 g/mol. The summed E-state index contributed by atoms with van der Waals surface area (Å²) in [7, 11) is -2.07. The van der Waals surface area contributed by atoms with Crippen LogP contribution in [0.2, 0.25) is 0 Å². The van der Waals surface area contributed by atoms with E-state index in [1.807, 2.05) is 6.92 Å². The predicted molar refractivity (Wildman–Crippen MR) is 109 cm³/mol. The number of sulfonamides is 1. The molecule has 2 rings (SSSR count). The number of methoxy groups -OCH3 is 1. The first-order valence-corrected chi connectivity index (χ1v) is 11.3. The number of amides is 1. The zero-order chi connectivity index (χ0) is 19.9. The number of ether oxygens (including phenoxy) is 1. The average Bonchev–Trinajstić information content (AvgIpc) is 2.66. The molecule has 7 heteroatoms. The van der Waals surface area contributed by atoms with Gasteiger partial charge in [0.25, 0.3) is 0 Å². The Morgan fingerprint density at radius 2 is 1.96 bits per heavy atom. The van der Waals surface area contributed by atoms with Crippen molar-refractivity contribution in [1.29, 1.82) is 0 Å². The lowest BCUT2D eigenvalue weighted by molar-refractivity contribution is -0.122. The van der Waals surface area contributed by atoms with Gasteiger partial charge in [-0.25, -0.2) is 8.42 Å². The van der Waals surface area contributed by atoms with Crippen molar-refractivity contribution in [3.63, 3.8) is 0 Å². The second-order valence-corrected chi connectivity index (χ2v) is 8.69. The number of rotatable bonds is 9. The van der Waals surface area contributed by atoms with E-state index < -0.39 is 16.1 Å². The highest BCUT2D eigenvalue weighted by molar-refractivity contribution is 7.92. The molecular weight excluding hydrogens is 364 g/mol. The van der Waals surface area contributed by atoms with Crippen molar-refractivity contribution >= 4 is 21.6 Å². The molecule has 1 aliphatic carbocycles. The van der Waals surface area contributed by atoms with Crippen LogP contribution in [0.5, 0.6) is 5.75 Å². The number of nitrogens with one attached hydrogen (secondary N) is 1. The van der Waals surface area contributed by atoms with Crippen LogP contribution in [0.25, 0.3) is 0 Å². The Morgan fingerprint density at radius 1 is 1.26 bits per heavy atom. The lowest BCUT2D eigenvalue weighted by Crippen LogP contribution is -2.49. The lowest BCUT2D eigenvalue weighted by Gasteiger charge is -2.30. The van der Waals surface area contributed by atoms with Gasteiger partial charge < -0.3 is 10.1 Å². The molecule has 6 nitrogen and oxygen atoms in total. The summed E-state index contributed by atoms with van der Waals surface area (Å²) in [6.45, 7) is 2.34. The van der Waals surface area contributed by atoms with Crippen LogP contribution in [0.15, 0.2) is 35.9 Å². The van der Waals surface area contributed by atoms with E-state index in [2.05, 4.69) is 11.4 Å². The summed E-state index contributed by atoms with van der Waals surface area (Å²) in [5.41, 5.74) is 1.83. The van der Waals surface area contributed by atoms with Crippen LogP contribution in [0.3, 0.4) is 0 Å². The molecular formula is C20H30N2O4S. The van der Waals surface area contributed by atoms with Gasteiger partial charge in [0, 0.05) is 6.54 Å². The van der Waals surface area contributed by atoms with Crippen LogP contribution in [0.4, 0.5) is 5.69 Å². The van der Waals surface area contributed by atoms with E-state index in [1.54, 1.807) is 31.4 Å². The summed E-state index contributed by atoms with van der Waals surface area (Å²) < 4.78 is 31.2. The Hall–Kier alpha value is -2.02. The molecule has 1 aromatic rings. The van der Waals surface area contributed by atoms with Crippen molar-refractivity contribution in [2.24, 2.45) is 0 Å². The van der Waals surface area contributed by atoms with Crippen molar-refractivity contribution in [3.05, 3.63) is 35.9 Å². The van der Waals surface area contributed by atoms with E-state index in [-0.39, 0.29) is 5.91 Å². The fraction of sp³-hybridized carbons (Fsp3) is 0.550. The van der Waals surface area contributed by atoms with E-state index in [0.717, 1.165) is 25.5 Å². The van der Waals surface area contributed by atoms with Gasteiger partial charge in [-0.15, -0.1) is 0 Å². The Morgan fingerprint density at radius 3 is 2.48 bits per heavy atom. The molecule has 150 valence electrons. The molecule has 0 aliphatic heterocycles. The summed E-state index contributed by atoms with van der Waals surface area (Å²) in [4.78, 5) is 12.7. The number of benzene rings is 1. The topological polar surface area (TPSA) is 75.7 Å². The molecule has 1 aliphatic rings. The van der Waals surface area contributed by atoms with E-state index >= 15 is 0 Å². The molecule has 0 heterocycles. The summed E-state index contributed by atoms with van der Waals surface area (Å²) in [6.07, 6.45) is 9.23. The Kier molecular flexibility index (Phi) is 7.71. The van der Waals surface area contributed by atoms with Crippen LogP contribution in [-0.4, -0.2) is 40.3 Å². The van der Waals surface area contributed by atoms with E-state index in [9.17, 15) is 13.2 Å². The highest BCUT2D eigenvalue weighted by atomic mass is 32.2. The maximum Gasteiger partial charge on any atom is 0.243 e. The smallest absolute Gasteiger partial charge is 0.243 e. The third kappa shape index (κ3) is 5.99. The lowest BCUT2D eigenvalue weighted by atomic mass is 9.97. The third-order valence-electron chi connectivity index (χ3n) is 4.79. The first kappa shape index (κ1) is 21.3. The SMILES string of the molecule is CC[C@@H](C(=O)NCCC1=CCCCC1)N(c1ccc(OC)cc1)S(C)(=O)=O. The molecule has 0 fully saturated rings. The quantitative estimate of drug-likeness (QED) is 0.653. The Balaban J connectivity index is 2.11. The molecule has 0 unspecified atom stereocenters. The largest absolute Gasteiger partial charge is 0.497 e. The second kappa shape index (κ2) is 9.78. The number of carbonyl (C=O) groups excluding carboxylic acids is 1. The molecule has 1 N–H and O–H groups in total. The van der Waals surface area contributed by atoms with Crippen molar-refractivity contribution < 1.29 is 17.9 Å². The van der Waals surface area contributed by atoms with Gasteiger partial charge in [0.05, 0.1) is 19.1 Å². The minimum absolute atomic E-state index is 0.268. The van der Waals surface area contributed by atoms with Crippen molar-refractivity contribution in [2.75, 3.05) is 24.2 Å². The normalized spacial score (nSPS) is 15.6. The van der Waals surface area contributed by atoms with Gasteiger partial charge in [-0.1, -0.05) is 18.6 Å². The maximum absolute atomic E-state index is 12.7. The highest BCUT2D eigenvalue weighted by Gasteiger charge is 2.31. The fourth-order valence-electron chi connectivity index (χ4n) is 3.39. The molecule has 27 heavy (non-hydrogen) atoms. The average molecular weight is 395 g/mol. The van der Waals surface area contributed by atoms with Crippen LogP contribution >= 0.6 is 0 Å². The number of carbonyl (C=O) groups is 1. The molecule has 0 saturated heterocycles. The van der Waals surface area contributed by atoms with Gasteiger partial charge in [-0.3, -0.25) is 9.10 Å². The maximum atomic E-state index is 12.7. The molecule has 0 saturated carbocycles. The summed E-state index contributed by atoms with van der Waals surface area (Å²) in [5, 5.41) is 2.92. The van der Waals surface area contributed by atoms with E-state index in [0.29, 0.717) is 24.4 Å². The number of hydrogen-bond donors (Lipinski definition) is 1. The predicted octanol–water partition coefficient (Wildman–Crippen LogP) is 3.25. The zero-order valence-corrected chi connectivity index (χ0v) is 17.2. The van der Waals surface area contributed by atoms with Crippen LogP contribution < -0.4 is 14.4 Å². The first-order chi connectivity index (χ1) is 12.9. The Bertz CT molecular complexity index is 757. The Labute approximate surface area is 162 Å². The minimum Gasteiger partial charge on any atom is -0.497 e. The van der Waals surface area contributed by atoms with Gasteiger partial charge in [0.2, 0.25) is 15.9 Å². The van der Waals surface area contributed by atoms with E-state index in [4.69, 9.17) is 4.74 Å². The van der Waals surface area contributed by atoms with Gasteiger partial charge in [0.1, 0.15) is 11.8 Å². The van der Waals surface area contributed by atoms with Crippen molar-refractivity contribution in [3.8, 4) is 5.75 Å². The molecule has 0 aromatic heterocycles. The highest BCUT2D eigenvalue weighted by Crippen LogP contribution is 2.25. The first-order valence-electron chi connectivity index (χ1n) is 9.46. The second-order valence-electron chi connectivity index (χ2n) is 6.83. The fourth-order valence-corrected chi connectivity index (χ4v) is 4.60. The summed E-state index contributed by atoms with van der Waals surface area (Å²) >= 11 is 0. The molecule has 0 spiro atoms. The molecule has 0 bridgehead atoms. The van der Waals surface area contributed by atoms with Crippen LogP contribution in [0.1, 0.15) is 45.4 Å². The van der Waals surface area contributed by atoms with Gasteiger partial charge in [-0.2, -0.15) is 0 Å². The number of anilines is 1. The zero-order valence-electron chi connectivity index (χ0n) is 16.4. The summed E-state index contributed by atoms with van der Waals surface area (Å²) in [5.74, 6) is 0.362. The van der Waals surface area contributed by atoms with Crippen molar-refractivity contribution in [1.82, 2.24) is 5.32 Å². The number of nitrogens with zero attached hydrogens (tertiary/aromatic N) is 1. The molecule has 0 radical (unpaired) electrons. The molecule has 1 atom stereocenters. The standard InChI is InChI=1S/C20H30N2O4S/c1-4-19(20(23)21-15-14-16-8-6-5-7-9-16)22(27(3,24)25)17-10-12-18(26-2)13-11-17/h8,10-13,19H,4-7,9,14-15H2,1-3H3,(H,21,23)/t19-/m0/s1. The summed E-state index contributed by atoms with van der Waals surface area (Å²) in [6, 6.07) is 5.90. The minimum atomic E-state index is -3.62. The molecule has 1 aromatic carbocycles. The van der Waals surface area contributed by atoms with Gasteiger partial charge in [0.15, 0.2) is 0 Å². The van der Waals surface area contributed by atoms with Crippen LogP contribution in [-0.2, 0) is 14.8 Å². The molecule has 1 amide bonds. The van der Waals surface area contributed by atoms with Crippen molar-refractivity contribution in [2.45, 2.75) is 51.5 Å². The van der Waals surface area contributed by atoms with E-state index in [1.165, 1.54) is 22.7 Å². The van der Waals surface area contributed by atoms with Gasteiger partial charge in [-0.05, 0) is 62.8 Å². The third-order valence-corrected chi connectivity index (χ3v) is 5.97.